The van der Waals surface area contributed by atoms with Gasteiger partial charge in [0, 0.05) is 5.56 Å². The van der Waals surface area contributed by atoms with Crippen LogP contribution in [0.1, 0.15) is 10.4 Å². The molecule has 1 atom stereocenters. The molecule has 6 nitrogen and oxygen atoms in total. The van der Waals surface area contributed by atoms with Crippen LogP contribution in [-0.4, -0.2) is 24.5 Å². The third-order valence-electron chi connectivity index (χ3n) is 4.40. The summed E-state index contributed by atoms with van der Waals surface area (Å²) in [7, 11) is 0. The Morgan fingerprint density at radius 2 is 1.64 bits per heavy atom. The predicted octanol–water partition coefficient (Wildman–Crippen LogP) is 3.37. The van der Waals surface area contributed by atoms with Gasteiger partial charge in [-0.2, -0.15) is 0 Å². The molecule has 1 aliphatic heterocycles. The Morgan fingerprint density at radius 1 is 0.929 bits per heavy atom. The van der Waals surface area contributed by atoms with Gasteiger partial charge < -0.3 is 20.1 Å². The summed E-state index contributed by atoms with van der Waals surface area (Å²) >= 11 is 0. The Morgan fingerprint density at radius 3 is 2.43 bits per heavy atom. The maximum absolute atomic E-state index is 13.2. The normalized spacial score (nSPS) is 15.3. The van der Waals surface area contributed by atoms with Gasteiger partial charge in [0.25, 0.3) is 11.8 Å². The van der Waals surface area contributed by atoms with Crippen LogP contribution >= 0.6 is 0 Å². The number of nitrogens with two attached hydrogens (primary N) is 1. The quantitative estimate of drug-likeness (QED) is 0.759. The molecule has 6 heteroatoms. The highest BCUT2D eigenvalue weighted by atomic mass is 16.5. The van der Waals surface area contributed by atoms with E-state index in [1.54, 1.807) is 42.5 Å². The fourth-order valence-electron chi connectivity index (χ4n) is 3.05. The van der Waals surface area contributed by atoms with E-state index in [2.05, 4.69) is 0 Å². The highest BCUT2D eigenvalue weighted by Gasteiger charge is 2.33. The highest BCUT2D eigenvalue weighted by Crippen LogP contribution is 2.34. The van der Waals surface area contributed by atoms with Crippen molar-refractivity contribution < 1.29 is 19.1 Å². The molecule has 1 aliphatic rings. The van der Waals surface area contributed by atoms with Crippen molar-refractivity contribution in [2.45, 2.75) is 6.10 Å². The average molecular weight is 374 g/mol. The Balaban J connectivity index is 1.64. The lowest BCUT2D eigenvalue weighted by Gasteiger charge is -2.33. The molecule has 2 amide bonds. The number of hydrogen-bond acceptors (Lipinski definition) is 4. The molecule has 0 saturated heterocycles. The van der Waals surface area contributed by atoms with Gasteiger partial charge in [0.2, 0.25) is 0 Å². The van der Waals surface area contributed by atoms with Crippen LogP contribution in [0.4, 0.5) is 5.69 Å². The summed E-state index contributed by atoms with van der Waals surface area (Å²) in [5, 5.41) is 0. The first-order chi connectivity index (χ1) is 13.6. The Bertz CT molecular complexity index is 1020. The van der Waals surface area contributed by atoms with Gasteiger partial charge in [0.1, 0.15) is 17.2 Å². The van der Waals surface area contributed by atoms with Crippen LogP contribution in [0.15, 0.2) is 78.9 Å². The summed E-state index contributed by atoms with van der Waals surface area (Å²) in [4.78, 5) is 26.4. The van der Waals surface area contributed by atoms with Crippen molar-refractivity contribution in [3.63, 3.8) is 0 Å². The number of hydrogen-bond donors (Lipinski definition) is 1. The molecule has 140 valence electrons. The van der Waals surface area contributed by atoms with Crippen LogP contribution < -0.4 is 20.1 Å². The monoisotopic (exact) mass is 374 g/mol. The second-order valence-electron chi connectivity index (χ2n) is 6.34. The van der Waals surface area contributed by atoms with Crippen molar-refractivity contribution in [2.75, 3.05) is 11.4 Å². The van der Waals surface area contributed by atoms with Crippen LogP contribution in [0.3, 0.4) is 0 Å². The first kappa shape index (κ1) is 17.6. The Kier molecular flexibility index (Phi) is 4.68. The molecular formula is C22H18N2O4. The topological polar surface area (TPSA) is 81.9 Å². The van der Waals surface area contributed by atoms with Gasteiger partial charge in [-0.3, -0.25) is 9.59 Å². The molecule has 0 saturated carbocycles. The largest absolute Gasteiger partial charge is 0.477 e. The Hall–Kier alpha value is -3.80. The van der Waals surface area contributed by atoms with E-state index in [4.69, 9.17) is 15.2 Å². The summed E-state index contributed by atoms with van der Waals surface area (Å²) in [6.07, 6.45) is -0.900. The van der Waals surface area contributed by atoms with E-state index in [9.17, 15) is 9.59 Å². The first-order valence-corrected chi connectivity index (χ1v) is 8.81. The minimum Gasteiger partial charge on any atom is -0.477 e. The van der Waals surface area contributed by atoms with E-state index < -0.39 is 12.0 Å². The highest BCUT2D eigenvalue weighted by molar-refractivity contribution is 6.08. The number of carbonyl (C=O) groups excluding carboxylic acids is 2. The number of carbonyl (C=O) groups is 2. The lowest BCUT2D eigenvalue weighted by molar-refractivity contribution is -0.124. The molecule has 28 heavy (non-hydrogen) atoms. The lowest BCUT2D eigenvalue weighted by Crippen LogP contribution is -2.49. The number of primary amides is 1. The summed E-state index contributed by atoms with van der Waals surface area (Å²) in [6.45, 7) is 0.0505. The van der Waals surface area contributed by atoms with E-state index in [-0.39, 0.29) is 12.5 Å². The molecule has 0 bridgehead atoms. The van der Waals surface area contributed by atoms with Crippen molar-refractivity contribution >= 4 is 17.5 Å². The summed E-state index contributed by atoms with van der Waals surface area (Å²) in [5.74, 6) is 0.791. The van der Waals surface area contributed by atoms with Crippen LogP contribution in [0, 0.1) is 0 Å². The number of fused-ring (bicyclic) bond motifs is 1. The van der Waals surface area contributed by atoms with Crippen molar-refractivity contribution in [1.82, 2.24) is 0 Å². The number of amides is 2. The van der Waals surface area contributed by atoms with E-state index in [0.29, 0.717) is 28.5 Å². The summed E-state index contributed by atoms with van der Waals surface area (Å²) in [5.41, 5.74) is 6.45. The average Bonchev–Trinajstić information content (AvgIpc) is 2.73. The van der Waals surface area contributed by atoms with Crippen molar-refractivity contribution in [2.24, 2.45) is 5.73 Å². The molecule has 0 unspecified atom stereocenters. The number of benzene rings is 3. The molecule has 0 aromatic heterocycles. The second kappa shape index (κ2) is 7.44. The number of ether oxygens (including phenoxy) is 2. The number of rotatable bonds is 4. The Labute approximate surface area is 162 Å². The van der Waals surface area contributed by atoms with Crippen LogP contribution in [0.2, 0.25) is 0 Å². The van der Waals surface area contributed by atoms with Crippen LogP contribution in [0.5, 0.6) is 17.2 Å². The molecule has 0 fully saturated rings. The van der Waals surface area contributed by atoms with Gasteiger partial charge in [-0.05, 0) is 42.5 Å². The van der Waals surface area contributed by atoms with E-state index in [0.717, 1.165) is 0 Å². The molecule has 4 rings (SSSR count). The minimum atomic E-state index is -0.900. The molecule has 3 aromatic carbocycles. The van der Waals surface area contributed by atoms with Gasteiger partial charge in [-0.1, -0.05) is 36.4 Å². The molecule has 0 spiro atoms. The zero-order valence-electron chi connectivity index (χ0n) is 14.9. The smallest absolute Gasteiger partial charge is 0.260 e. The standard InChI is InChI=1S/C22H18N2O4/c23-21(25)20-14-24(18-11-4-5-12-19(18)28-20)22(26)15-7-6-10-17(13-15)27-16-8-2-1-3-9-16/h1-13,20H,14H2,(H2,23,25)/t20-/m0/s1. The number of anilines is 1. The van der Waals surface area contributed by atoms with E-state index >= 15 is 0 Å². The van der Waals surface area contributed by atoms with Gasteiger partial charge in [0.15, 0.2) is 6.10 Å². The molecule has 1 heterocycles. The zero-order chi connectivity index (χ0) is 19.5. The maximum Gasteiger partial charge on any atom is 0.260 e. The van der Waals surface area contributed by atoms with Crippen LogP contribution in [-0.2, 0) is 4.79 Å². The first-order valence-electron chi connectivity index (χ1n) is 8.81. The molecule has 3 aromatic rings. The van der Waals surface area contributed by atoms with Crippen molar-refractivity contribution in [3.05, 3.63) is 84.4 Å². The molecule has 2 N–H and O–H groups in total. The summed E-state index contributed by atoms with van der Waals surface area (Å²) in [6, 6.07) is 23.3. The van der Waals surface area contributed by atoms with Gasteiger partial charge in [-0.15, -0.1) is 0 Å². The lowest BCUT2D eigenvalue weighted by atomic mass is 10.1. The summed E-state index contributed by atoms with van der Waals surface area (Å²) < 4.78 is 11.4. The van der Waals surface area contributed by atoms with Crippen LogP contribution in [0.25, 0.3) is 0 Å². The van der Waals surface area contributed by atoms with Crippen molar-refractivity contribution in [1.29, 1.82) is 0 Å². The fraction of sp³-hybridized carbons (Fsp3) is 0.0909. The SMILES string of the molecule is NC(=O)[C@@H]1CN(C(=O)c2cccc(Oc3ccccc3)c2)c2ccccc2O1. The third kappa shape index (κ3) is 3.53. The maximum atomic E-state index is 13.2. The predicted molar refractivity (Wildman–Crippen MR) is 105 cm³/mol. The minimum absolute atomic E-state index is 0.0505. The van der Waals surface area contributed by atoms with Gasteiger partial charge >= 0.3 is 0 Å². The van der Waals surface area contributed by atoms with E-state index in [1.807, 2.05) is 36.4 Å². The zero-order valence-corrected chi connectivity index (χ0v) is 14.9. The second-order valence-corrected chi connectivity index (χ2v) is 6.34. The fourth-order valence-corrected chi connectivity index (χ4v) is 3.05. The van der Waals surface area contributed by atoms with E-state index in [1.165, 1.54) is 4.90 Å². The molecule has 0 radical (unpaired) electrons. The van der Waals surface area contributed by atoms with Gasteiger partial charge in [0.05, 0.1) is 12.2 Å². The number of nitrogens with zero attached hydrogens (tertiary/aromatic N) is 1. The molecular weight excluding hydrogens is 356 g/mol. The van der Waals surface area contributed by atoms with Crippen molar-refractivity contribution in [3.8, 4) is 17.2 Å². The third-order valence-corrected chi connectivity index (χ3v) is 4.40. The molecule has 0 aliphatic carbocycles. The number of para-hydroxylation sites is 3. The van der Waals surface area contributed by atoms with Gasteiger partial charge in [-0.25, -0.2) is 0 Å².